The summed E-state index contributed by atoms with van der Waals surface area (Å²) < 4.78 is 0. The van der Waals surface area contributed by atoms with Crippen LogP contribution in [0.5, 0.6) is 5.75 Å². The topological polar surface area (TPSA) is 95.6 Å². The number of phenolic OH excluding ortho intramolecular Hbond substituents is 1. The summed E-state index contributed by atoms with van der Waals surface area (Å²) in [5.74, 6) is -0.668. The van der Waals surface area contributed by atoms with Gasteiger partial charge in [-0.1, -0.05) is 18.7 Å². The molecule has 17 heavy (non-hydrogen) atoms. The molecule has 0 aliphatic rings. The first-order valence-electron chi connectivity index (χ1n) is 5.05. The molecule has 0 radical (unpaired) electrons. The van der Waals surface area contributed by atoms with Gasteiger partial charge in [0.15, 0.2) is 0 Å². The largest absolute Gasteiger partial charge is 0.508 e. The highest BCUT2D eigenvalue weighted by Crippen LogP contribution is 2.09. The van der Waals surface area contributed by atoms with E-state index in [0.29, 0.717) is 5.75 Å². The number of aromatic hydroxyl groups is 1. The van der Waals surface area contributed by atoms with Crippen LogP contribution >= 0.6 is 0 Å². The number of phenols is 1. The lowest BCUT2D eigenvalue weighted by atomic mass is 10.2. The van der Waals surface area contributed by atoms with Gasteiger partial charge in [0, 0.05) is 12.2 Å². The van der Waals surface area contributed by atoms with Crippen LogP contribution in [0.3, 0.4) is 0 Å². The summed E-state index contributed by atoms with van der Waals surface area (Å²) in [6.45, 7) is 6.13. The fraction of sp³-hybridized carbons (Fsp3) is 0.250. The van der Waals surface area contributed by atoms with E-state index < -0.39 is 5.97 Å². The van der Waals surface area contributed by atoms with Crippen LogP contribution in [0.15, 0.2) is 36.5 Å². The SMILES string of the molecule is C=C(C)NCc1ccc(O)cc1.NCC(=O)O. The molecule has 0 saturated heterocycles. The molecule has 0 heterocycles. The van der Waals surface area contributed by atoms with Gasteiger partial charge in [0.05, 0.1) is 6.54 Å². The van der Waals surface area contributed by atoms with Gasteiger partial charge in [0.1, 0.15) is 5.75 Å². The molecule has 0 bridgehead atoms. The molecule has 0 spiro atoms. The Morgan fingerprint density at radius 3 is 2.24 bits per heavy atom. The maximum atomic E-state index is 9.24. The third kappa shape index (κ3) is 8.95. The Hall–Kier alpha value is -2.01. The molecule has 94 valence electrons. The number of hydrogen-bond acceptors (Lipinski definition) is 4. The molecule has 0 aliphatic carbocycles. The first kappa shape index (κ1) is 15.0. The van der Waals surface area contributed by atoms with Crippen molar-refractivity contribution in [2.24, 2.45) is 5.73 Å². The predicted octanol–water partition coefficient (Wildman–Crippen LogP) is 1.05. The minimum atomic E-state index is -0.968. The number of rotatable bonds is 4. The van der Waals surface area contributed by atoms with E-state index in [9.17, 15) is 4.79 Å². The Balaban J connectivity index is 0.000000437. The number of benzene rings is 1. The summed E-state index contributed by atoms with van der Waals surface area (Å²) in [5, 5.41) is 19.7. The van der Waals surface area contributed by atoms with E-state index in [-0.39, 0.29) is 6.54 Å². The smallest absolute Gasteiger partial charge is 0.317 e. The van der Waals surface area contributed by atoms with Crippen LogP contribution in [0.4, 0.5) is 0 Å². The maximum Gasteiger partial charge on any atom is 0.317 e. The average Bonchev–Trinajstić information content (AvgIpc) is 2.29. The van der Waals surface area contributed by atoms with Crippen molar-refractivity contribution in [3.63, 3.8) is 0 Å². The summed E-state index contributed by atoms with van der Waals surface area (Å²) in [6.07, 6.45) is 0. The number of carbonyl (C=O) groups is 1. The fourth-order valence-electron chi connectivity index (χ4n) is 0.867. The molecule has 1 aromatic rings. The van der Waals surface area contributed by atoms with Gasteiger partial charge in [-0.15, -0.1) is 0 Å². The molecule has 0 amide bonds. The summed E-state index contributed by atoms with van der Waals surface area (Å²) in [6, 6.07) is 7.11. The highest BCUT2D eigenvalue weighted by Gasteiger charge is 1.91. The Bertz CT molecular complexity index is 361. The monoisotopic (exact) mass is 238 g/mol. The van der Waals surface area contributed by atoms with Gasteiger partial charge in [0.25, 0.3) is 0 Å². The Morgan fingerprint density at radius 1 is 1.41 bits per heavy atom. The zero-order valence-corrected chi connectivity index (χ0v) is 9.81. The lowest BCUT2D eigenvalue weighted by Crippen LogP contribution is -2.10. The Kier molecular flexibility index (Phi) is 7.21. The van der Waals surface area contributed by atoms with Crippen molar-refractivity contribution in [2.75, 3.05) is 6.54 Å². The van der Waals surface area contributed by atoms with Gasteiger partial charge >= 0.3 is 5.97 Å². The molecule has 1 aromatic carbocycles. The molecule has 0 saturated carbocycles. The number of nitrogens with one attached hydrogen (secondary N) is 1. The van der Waals surface area contributed by atoms with Crippen LogP contribution < -0.4 is 11.1 Å². The molecule has 1 rings (SSSR count). The molecular weight excluding hydrogens is 220 g/mol. The molecule has 0 aromatic heterocycles. The Morgan fingerprint density at radius 2 is 1.88 bits per heavy atom. The Labute approximate surface area is 101 Å². The van der Waals surface area contributed by atoms with Gasteiger partial charge in [-0.25, -0.2) is 0 Å². The first-order chi connectivity index (χ1) is 7.95. The van der Waals surface area contributed by atoms with Crippen LogP contribution in [-0.4, -0.2) is 22.7 Å². The number of allylic oxidation sites excluding steroid dienone is 1. The minimum Gasteiger partial charge on any atom is -0.508 e. The number of carboxylic acid groups (broad SMARTS) is 1. The maximum absolute atomic E-state index is 9.24. The van der Waals surface area contributed by atoms with Crippen LogP contribution in [0.2, 0.25) is 0 Å². The van der Waals surface area contributed by atoms with E-state index in [1.165, 1.54) is 0 Å². The van der Waals surface area contributed by atoms with Crippen LogP contribution in [0.1, 0.15) is 12.5 Å². The van der Waals surface area contributed by atoms with Crippen molar-refractivity contribution < 1.29 is 15.0 Å². The van der Waals surface area contributed by atoms with Crippen LogP contribution in [0.25, 0.3) is 0 Å². The summed E-state index contributed by atoms with van der Waals surface area (Å²) in [5.41, 5.74) is 6.65. The highest BCUT2D eigenvalue weighted by molar-refractivity contribution is 5.68. The van der Waals surface area contributed by atoms with Crippen molar-refractivity contribution >= 4 is 5.97 Å². The predicted molar refractivity (Wildman–Crippen MR) is 66.5 cm³/mol. The van der Waals surface area contributed by atoms with Crippen molar-refractivity contribution in [3.8, 4) is 5.75 Å². The second-order valence-electron chi connectivity index (χ2n) is 3.40. The number of carboxylic acids is 1. The molecule has 0 unspecified atom stereocenters. The molecular formula is C12H18N2O3. The van der Waals surface area contributed by atoms with Crippen molar-refractivity contribution in [1.29, 1.82) is 0 Å². The second-order valence-corrected chi connectivity index (χ2v) is 3.40. The molecule has 0 fully saturated rings. The standard InChI is InChI=1S/C10H13NO.C2H5NO2/c1-8(2)11-7-9-3-5-10(12)6-4-9;3-1-2(4)5/h3-6,11-12H,1,7H2,2H3;1,3H2,(H,4,5). The molecule has 5 heteroatoms. The number of hydrogen-bond donors (Lipinski definition) is 4. The van der Waals surface area contributed by atoms with Crippen molar-refractivity contribution in [1.82, 2.24) is 5.32 Å². The average molecular weight is 238 g/mol. The van der Waals surface area contributed by atoms with E-state index in [0.717, 1.165) is 17.8 Å². The van der Waals surface area contributed by atoms with E-state index in [1.54, 1.807) is 12.1 Å². The first-order valence-corrected chi connectivity index (χ1v) is 5.05. The van der Waals surface area contributed by atoms with Crippen molar-refractivity contribution in [3.05, 3.63) is 42.1 Å². The third-order valence-electron chi connectivity index (χ3n) is 1.71. The lowest BCUT2D eigenvalue weighted by molar-refractivity contribution is -0.135. The second kappa shape index (κ2) is 8.18. The zero-order valence-electron chi connectivity index (χ0n) is 9.81. The van der Waals surface area contributed by atoms with E-state index >= 15 is 0 Å². The van der Waals surface area contributed by atoms with Crippen LogP contribution in [-0.2, 0) is 11.3 Å². The zero-order chi connectivity index (χ0) is 13.3. The number of aliphatic carboxylic acids is 1. The summed E-state index contributed by atoms with van der Waals surface area (Å²) in [7, 11) is 0. The minimum absolute atomic E-state index is 0.278. The lowest BCUT2D eigenvalue weighted by Gasteiger charge is -2.04. The van der Waals surface area contributed by atoms with Crippen molar-refractivity contribution in [2.45, 2.75) is 13.5 Å². The van der Waals surface area contributed by atoms with Gasteiger partial charge in [0.2, 0.25) is 0 Å². The van der Waals surface area contributed by atoms with Gasteiger partial charge in [-0.3, -0.25) is 4.79 Å². The number of nitrogens with two attached hydrogens (primary N) is 1. The van der Waals surface area contributed by atoms with E-state index in [1.807, 2.05) is 19.1 Å². The normalized spacial score (nSPS) is 8.82. The molecule has 5 nitrogen and oxygen atoms in total. The van der Waals surface area contributed by atoms with Gasteiger partial charge in [-0.05, 0) is 24.6 Å². The molecule has 0 atom stereocenters. The van der Waals surface area contributed by atoms with E-state index in [4.69, 9.17) is 10.2 Å². The molecule has 5 N–H and O–H groups in total. The van der Waals surface area contributed by atoms with E-state index in [2.05, 4.69) is 17.6 Å². The summed E-state index contributed by atoms with van der Waals surface area (Å²) >= 11 is 0. The quantitative estimate of drug-likeness (QED) is 0.628. The third-order valence-corrected chi connectivity index (χ3v) is 1.71. The van der Waals surface area contributed by atoms with Crippen LogP contribution in [0, 0.1) is 0 Å². The highest BCUT2D eigenvalue weighted by atomic mass is 16.4. The fourth-order valence-corrected chi connectivity index (χ4v) is 0.867. The molecule has 0 aliphatic heterocycles. The summed E-state index contributed by atoms with van der Waals surface area (Å²) in [4.78, 5) is 9.24. The van der Waals surface area contributed by atoms with Gasteiger partial charge in [-0.2, -0.15) is 0 Å². The van der Waals surface area contributed by atoms with Gasteiger partial charge < -0.3 is 21.3 Å².